The van der Waals surface area contributed by atoms with Gasteiger partial charge in [0.15, 0.2) is 17.4 Å². The molecule has 0 N–H and O–H groups in total. The third-order valence-corrected chi connectivity index (χ3v) is 0. The van der Waals surface area contributed by atoms with E-state index in [0.29, 0.717) is 0 Å². The van der Waals surface area contributed by atoms with Crippen molar-refractivity contribution in [1.29, 1.82) is 0 Å². The van der Waals surface area contributed by atoms with E-state index < -0.39 is 0 Å². The predicted octanol–water partition coefficient (Wildman–Crippen LogP) is -2.76. The van der Waals surface area contributed by atoms with Crippen LogP contribution in [-0.4, -0.2) is 28.3 Å². The summed E-state index contributed by atoms with van der Waals surface area (Å²) in [6, 6.07) is 0. The minimum absolute atomic E-state index is 0. The Hall–Kier alpha value is 2.89. The summed E-state index contributed by atoms with van der Waals surface area (Å²) in [6.07, 6.45) is 0. The maximum atomic E-state index is 8.25. The van der Waals surface area contributed by atoms with Gasteiger partial charge in [0, 0.05) is 48.6 Å². The Morgan fingerprint density at radius 2 is 1.17 bits per heavy atom. The smallest absolute Gasteiger partial charge is 0 e. The van der Waals surface area contributed by atoms with Gasteiger partial charge >= 0.3 is 23.7 Å². The first-order valence-electron chi connectivity index (χ1n) is 0.204. The molecule has 0 heterocycles. The molecule has 6 heavy (non-hydrogen) atoms. The average molecular weight is 310 g/mol. The van der Waals surface area contributed by atoms with Crippen LogP contribution in [0.1, 0.15) is 0 Å². The maximum absolute atomic E-state index is 8.25. The zero-order chi connectivity index (χ0) is 2.00. The molecule has 0 atom stereocenters. The second-order valence-corrected chi connectivity index (χ2v) is 0. The molecule has 0 rings (SSSR count). The van der Waals surface area contributed by atoms with Crippen molar-refractivity contribution in [3.63, 3.8) is 0 Å². The first-order chi connectivity index (χ1) is 1.00. The molecule has 0 aliphatic rings. The quantitative estimate of drug-likeness (QED) is 0.443. The summed E-state index contributed by atoms with van der Waals surface area (Å²) in [5, 5.41) is 0. The standard InChI is InChI=1S/Al.Nb.O.H4Si.Ti.Zr.3H/h;;;1H4;;;;;. The van der Waals surface area contributed by atoms with E-state index in [1.165, 1.54) is 0 Å². The van der Waals surface area contributed by atoms with Gasteiger partial charge in [-0.3, -0.25) is 0 Å². The van der Waals surface area contributed by atoms with Crippen molar-refractivity contribution in [2.24, 2.45) is 0 Å². The Morgan fingerprint density at radius 3 is 1.17 bits per heavy atom. The molecule has 1 nitrogen and oxygen atoms in total. The van der Waals surface area contributed by atoms with Crippen molar-refractivity contribution in [2.75, 3.05) is 0 Å². The zero-order valence-corrected chi connectivity index (χ0v) is 8.07. The molecule has 0 fully saturated rings. The Morgan fingerprint density at radius 1 is 1.17 bits per heavy atom. The Kier molecular flexibility index (Phi) is 274. The van der Waals surface area contributed by atoms with Gasteiger partial charge in [0.05, 0.1) is 0 Å². The normalized spacial score (nSPS) is 0.500. The molecule has 0 unspecified atom stereocenters. The van der Waals surface area contributed by atoms with Crippen LogP contribution in [0.2, 0.25) is 0 Å². The molecule has 1 radical (unpaired) electrons. The summed E-state index contributed by atoms with van der Waals surface area (Å²) in [5.74, 6) is 0. The maximum Gasteiger partial charge on any atom is 0 e. The van der Waals surface area contributed by atoms with E-state index in [9.17, 15) is 0 Å². The number of hydrogen-bond donors (Lipinski definition) is 0. The van der Waals surface area contributed by atoms with E-state index in [-0.39, 0.29) is 76.9 Å². The summed E-state index contributed by atoms with van der Waals surface area (Å²) in [4.78, 5) is 0. The van der Waals surface area contributed by atoms with E-state index in [1.54, 1.807) is 0 Å². The van der Waals surface area contributed by atoms with Gasteiger partial charge in [-0.05, 0) is 11.0 Å². The predicted molar refractivity (Wildman–Crippen MR) is 22.0 cm³/mol. The number of rotatable bonds is 0. The van der Waals surface area contributed by atoms with Crippen LogP contribution in [0.4, 0.5) is 0 Å². The van der Waals surface area contributed by atoms with E-state index >= 15 is 0 Å². The van der Waals surface area contributed by atoms with Gasteiger partial charge in [0.25, 0.3) is 0 Å². The fourth-order valence-electron chi connectivity index (χ4n) is 0. The summed E-state index contributed by atoms with van der Waals surface area (Å²) in [5.41, 5.74) is 0. The van der Waals surface area contributed by atoms with Crippen LogP contribution in [0, 0.1) is 0 Å². The van der Waals surface area contributed by atoms with Gasteiger partial charge < -0.3 is 0 Å². The minimum atomic E-state index is 0. The zero-order valence-electron chi connectivity index (χ0n) is 1.86. The van der Waals surface area contributed by atoms with Crippen molar-refractivity contribution in [3.8, 4) is 0 Å². The van der Waals surface area contributed by atoms with Crippen LogP contribution in [0.3, 0.4) is 0 Å². The van der Waals surface area contributed by atoms with Crippen LogP contribution in [0.5, 0.6) is 0 Å². The second-order valence-electron chi connectivity index (χ2n) is 0. The molecule has 0 bridgehead atoms. The Balaban J connectivity index is -0.000000000833. The van der Waals surface area contributed by atoms with Gasteiger partial charge in [0.2, 0.25) is 0 Å². The molecule has 6 heteroatoms. The molecular formula is H7AlNbOSiTiZr. The first kappa shape index (κ1) is 36.6. The van der Waals surface area contributed by atoms with Crippen molar-refractivity contribution < 1.29 is 72.3 Å². The van der Waals surface area contributed by atoms with E-state index in [1.807, 2.05) is 0 Å². The molecule has 0 spiro atoms. The molecule has 0 amide bonds. The van der Waals surface area contributed by atoms with Gasteiger partial charge in [-0.25, -0.2) is 0 Å². The summed E-state index contributed by atoms with van der Waals surface area (Å²) < 4.78 is 8.25. The minimum Gasteiger partial charge on any atom is -0.0149 e. The summed E-state index contributed by atoms with van der Waals surface area (Å²) >= 11 is 0.750. The van der Waals surface area contributed by atoms with Crippen LogP contribution in [-0.2, 0) is 72.3 Å². The summed E-state index contributed by atoms with van der Waals surface area (Å²) in [6.45, 7) is 0. The third kappa shape index (κ3) is 28.6. The van der Waals surface area contributed by atoms with Crippen molar-refractivity contribution >= 4 is 28.3 Å². The monoisotopic (exact) mass is 309 g/mol. The van der Waals surface area contributed by atoms with Crippen LogP contribution in [0.15, 0.2) is 0 Å². The number of hydrogen-bond acceptors (Lipinski definition) is 1. The largest absolute Gasteiger partial charge is 0.0149 e. The van der Waals surface area contributed by atoms with Crippen LogP contribution >= 0.6 is 0 Å². The van der Waals surface area contributed by atoms with Crippen molar-refractivity contribution in [2.45, 2.75) is 0 Å². The molecule has 0 saturated carbocycles. The molecule has 0 aliphatic carbocycles. The Labute approximate surface area is 98.9 Å². The third-order valence-electron chi connectivity index (χ3n) is 0. The molecule has 0 aromatic carbocycles. The van der Waals surface area contributed by atoms with Crippen molar-refractivity contribution in [1.82, 2.24) is 0 Å². The van der Waals surface area contributed by atoms with E-state index in [4.69, 9.17) is 3.32 Å². The molecule has 33 valence electrons. The van der Waals surface area contributed by atoms with Gasteiger partial charge in [-0.15, -0.1) is 0 Å². The second kappa shape index (κ2) is 44.9. The van der Waals surface area contributed by atoms with Crippen LogP contribution < -0.4 is 0 Å². The fourth-order valence-corrected chi connectivity index (χ4v) is 0. The molecule has 0 aromatic rings. The molecule has 0 aliphatic heterocycles. The fraction of sp³-hybridized carbons (Fsp3) is 0. The molecule has 0 aromatic heterocycles. The van der Waals surface area contributed by atoms with E-state index in [2.05, 4.69) is 0 Å². The Bertz CT molecular complexity index is 15.5. The molecular weight excluding hydrogens is 303 g/mol. The van der Waals surface area contributed by atoms with E-state index in [0.717, 1.165) is 20.4 Å². The van der Waals surface area contributed by atoms with Crippen molar-refractivity contribution in [3.05, 3.63) is 0 Å². The van der Waals surface area contributed by atoms with Gasteiger partial charge in [-0.2, -0.15) is 0 Å². The average Bonchev–Trinajstić information content (AvgIpc) is 1.00. The SMILES string of the molecule is [AlH3].[Nb].[O]=[Ti].[SiH4].[Zr]. The summed E-state index contributed by atoms with van der Waals surface area (Å²) in [7, 11) is 0. The topological polar surface area (TPSA) is 17.1 Å². The molecule has 0 saturated heterocycles. The van der Waals surface area contributed by atoms with Gasteiger partial charge in [0.1, 0.15) is 0 Å². The first-order valence-corrected chi connectivity index (χ1v) is 0.842. The van der Waals surface area contributed by atoms with Gasteiger partial charge in [-0.1, -0.05) is 0 Å². The van der Waals surface area contributed by atoms with Crippen LogP contribution in [0.25, 0.3) is 0 Å².